The number of methoxy groups -OCH3 is 1. The normalized spacial score (nSPS) is 11.7. The Kier molecular flexibility index (Phi) is 9.01. The maximum absolute atomic E-state index is 12.5. The summed E-state index contributed by atoms with van der Waals surface area (Å²) in [6, 6.07) is 13.7. The molecule has 0 fully saturated rings. The number of carbonyl (C=O) groups excluding carboxylic acids is 2. The maximum atomic E-state index is 12.5. The van der Waals surface area contributed by atoms with Crippen LogP contribution in [0.15, 0.2) is 53.4 Å². The molecule has 2 rings (SSSR count). The second kappa shape index (κ2) is 11.3. The molecular formula is C24H33N3O5S. The average Bonchev–Trinajstić information content (AvgIpc) is 2.77. The average molecular weight is 476 g/mol. The third-order valence-electron chi connectivity index (χ3n) is 5.11. The van der Waals surface area contributed by atoms with Gasteiger partial charge >= 0.3 is 0 Å². The molecule has 0 saturated carbocycles. The standard InChI is InChI=1S/C24H33N3O5S/c1-6-27(17-22(28)26-20-9-7-8-10-21(20)32-5)23(29)15-16-25-33(30,31)19-13-11-18(12-14-19)24(2,3)4/h7-14,25H,6,15-17H2,1-5H3,(H,26,28). The summed E-state index contributed by atoms with van der Waals surface area (Å²) in [5.74, 6) is -0.169. The van der Waals surface area contributed by atoms with E-state index in [1.165, 1.54) is 12.0 Å². The first kappa shape index (κ1) is 26.3. The number of anilines is 1. The van der Waals surface area contributed by atoms with Gasteiger partial charge in [0.1, 0.15) is 5.75 Å². The van der Waals surface area contributed by atoms with Crippen LogP contribution in [0.3, 0.4) is 0 Å². The van der Waals surface area contributed by atoms with Gasteiger partial charge in [0.15, 0.2) is 0 Å². The highest BCUT2D eigenvalue weighted by Gasteiger charge is 2.20. The Hall–Kier alpha value is -2.91. The molecule has 0 radical (unpaired) electrons. The third-order valence-corrected chi connectivity index (χ3v) is 6.59. The summed E-state index contributed by atoms with van der Waals surface area (Å²) >= 11 is 0. The van der Waals surface area contributed by atoms with Crippen molar-refractivity contribution in [2.24, 2.45) is 0 Å². The third kappa shape index (κ3) is 7.57. The lowest BCUT2D eigenvalue weighted by Crippen LogP contribution is -2.39. The fourth-order valence-electron chi connectivity index (χ4n) is 3.16. The summed E-state index contributed by atoms with van der Waals surface area (Å²) in [6.07, 6.45) is -0.0604. The number of benzene rings is 2. The van der Waals surface area contributed by atoms with Crippen molar-refractivity contribution in [3.8, 4) is 5.75 Å². The zero-order valence-corrected chi connectivity index (χ0v) is 20.7. The molecule has 0 bridgehead atoms. The van der Waals surface area contributed by atoms with E-state index in [0.29, 0.717) is 18.0 Å². The monoisotopic (exact) mass is 475 g/mol. The first-order chi connectivity index (χ1) is 15.5. The fourth-order valence-corrected chi connectivity index (χ4v) is 4.19. The molecule has 0 saturated heterocycles. The molecule has 2 amide bonds. The minimum Gasteiger partial charge on any atom is -0.495 e. The summed E-state index contributed by atoms with van der Waals surface area (Å²) in [5.41, 5.74) is 1.46. The highest BCUT2D eigenvalue weighted by molar-refractivity contribution is 7.89. The van der Waals surface area contributed by atoms with Gasteiger partial charge in [0.25, 0.3) is 0 Å². The van der Waals surface area contributed by atoms with Gasteiger partial charge in [0.05, 0.1) is 24.2 Å². The zero-order chi connectivity index (χ0) is 24.6. The molecule has 2 N–H and O–H groups in total. The smallest absolute Gasteiger partial charge is 0.244 e. The van der Waals surface area contributed by atoms with Gasteiger partial charge in [-0.2, -0.15) is 0 Å². The van der Waals surface area contributed by atoms with Crippen LogP contribution in [0.25, 0.3) is 0 Å². The number of amides is 2. The van der Waals surface area contributed by atoms with Gasteiger partial charge in [-0.1, -0.05) is 45.0 Å². The van der Waals surface area contributed by atoms with E-state index in [-0.39, 0.29) is 41.6 Å². The Morgan fingerprint density at radius 3 is 2.24 bits per heavy atom. The molecule has 0 aliphatic rings. The minimum absolute atomic E-state index is 0.0604. The van der Waals surface area contributed by atoms with E-state index in [2.05, 4.69) is 30.8 Å². The van der Waals surface area contributed by atoms with Crippen molar-refractivity contribution in [3.63, 3.8) is 0 Å². The first-order valence-electron chi connectivity index (χ1n) is 10.8. The van der Waals surface area contributed by atoms with Crippen LogP contribution >= 0.6 is 0 Å². The van der Waals surface area contributed by atoms with Gasteiger partial charge in [0, 0.05) is 19.5 Å². The van der Waals surface area contributed by atoms with E-state index in [0.717, 1.165) is 5.56 Å². The van der Waals surface area contributed by atoms with E-state index in [4.69, 9.17) is 4.74 Å². The number of hydrogen-bond acceptors (Lipinski definition) is 5. The number of nitrogens with one attached hydrogen (secondary N) is 2. The van der Waals surface area contributed by atoms with E-state index in [1.807, 2.05) is 0 Å². The van der Waals surface area contributed by atoms with Crippen LogP contribution in [0.1, 0.15) is 39.7 Å². The van der Waals surface area contributed by atoms with Crippen LogP contribution in [-0.4, -0.2) is 51.9 Å². The summed E-state index contributed by atoms with van der Waals surface area (Å²) in [6.45, 7) is 8.03. The SMILES string of the molecule is CCN(CC(=O)Nc1ccccc1OC)C(=O)CCNS(=O)(=O)c1ccc(C(C)(C)C)cc1. The van der Waals surface area contributed by atoms with Crippen LogP contribution < -0.4 is 14.8 Å². The molecular weight excluding hydrogens is 442 g/mol. The predicted molar refractivity (Wildman–Crippen MR) is 129 cm³/mol. The molecule has 0 unspecified atom stereocenters. The summed E-state index contributed by atoms with van der Waals surface area (Å²) in [5, 5.41) is 2.73. The Bertz CT molecular complexity index is 1060. The molecule has 0 heterocycles. The largest absolute Gasteiger partial charge is 0.495 e. The van der Waals surface area contributed by atoms with Crippen molar-refractivity contribution in [1.29, 1.82) is 0 Å². The Morgan fingerprint density at radius 2 is 1.67 bits per heavy atom. The van der Waals surface area contributed by atoms with Crippen LogP contribution in [0.2, 0.25) is 0 Å². The number of hydrogen-bond donors (Lipinski definition) is 2. The van der Waals surface area contributed by atoms with Crippen molar-refractivity contribution in [1.82, 2.24) is 9.62 Å². The number of para-hydroxylation sites is 2. The number of ether oxygens (including phenoxy) is 1. The molecule has 0 spiro atoms. The highest BCUT2D eigenvalue weighted by Crippen LogP contribution is 2.24. The Labute approximate surface area is 196 Å². The van der Waals surface area contributed by atoms with E-state index >= 15 is 0 Å². The Morgan fingerprint density at radius 1 is 1.03 bits per heavy atom. The molecule has 8 nitrogen and oxygen atoms in total. The maximum Gasteiger partial charge on any atom is 0.244 e. The molecule has 0 atom stereocenters. The van der Waals surface area contributed by atoms with Gasteiger partial charge in [-0.25, -0.2) is 13.1 Å². The van der Waals surface area contributed by atoms with Crippen LogP contribution in [0.4, 0.5) is 5.69 Å². The molecule has 0 aromatic heterocycles. The quantitative estimate of drug-likeness (QED) is 0.549. The number of carbonyl (C=O) groups is 2. The lowest BCUT2D eigenvalue weighted by molar-refractivity contribution is -0.134. The van der Waals surface area contributed by atoms with E-state index in [9.17, 15) is 18.0 Å². The van der Waals surface area contributed by atoms with Gasteiger partial charge in [-0.15, -0.1) is 0 Å². The zero-order valence-electron chi connectivity index (χ0n) is 19.8. The molecule has 9 heteroatoms. The van der Waals surface area contributed by atoms with Crippen molar-refractivity contribution < 1.29 is 22.7 Å². The number of likely N-dealkylation sites (N-methyl/N-ethyl adjacent to an activating group) is 1. The van der Waals surface area contributed by atoms with Gasteiger partial charge in [-0.3, -0.25) is 9.59 Å². The van der Waals surface area contributed by atoms with Crippen LogP contribution in [-0.2, 0) is 25.0 Å². The summed E-state index contributed by atoms with van der Waals surface area (Å²) in [4.78, 5) is 26.5. The lowest BCUT2D eigenvalue weighted by atomic mass is 9.87. The molecule has 180 valence electrons. The second-order valence-electron chi connectivity index (χ2n) is 8.58. The fraction of sp³-hybridized carbons (Fsp3) is 0.417. The lowest BCUT2D eigenvalue weighted by Gasteiger charge is -2.21. The van der Waals surface area contributed by atoms with Crippen LogP contribution in [0.5, 0.6) is 5.75 Å². The molecule has 2 aromatic rings. The Balaban J connectivity index is 1.90. The van der Waals surface area contributed by atoms with Crippen molar-refractivity contribution in [2.45, 2.75) is 44.4 Å². The summed E-state index contributed by atoms with van der Waals surface area (Å²) in [7, 11) is -2.23. The molecule has 0 aliphatic heterocycles. The van der Waals surface area contributed by atoms with Gasteiger partial charge < -0.3 is 15.0 Å². The summed E-state index contributed by atoms with van der Waals surface area (Å²) < 4.78 is 32.8. The van der Waals surface area contributed by atoms with Crippen LogP contribution in [0, 0.1) is 0 Å². The number of rotatable bonds is 10. The predicted octanol–water partition coefficient (Wildman–Crippen LogP) is 3.15. The van der Waals surface area contributed by atoms with Crippen molar-refractivity contribution in [3.05, 3.63) is 54.1 Å². The highest BCUT2D eigenvalue weighted by atomic mass is 32.2. The second-order valence-corrected chi connectivity index (χ2v) is 10.3. The topological polar surface area (TPSA) is 105 Å². The molecule has 0 aliphatic carbocycles. The number of sulfonamides is 1. The number of nitrogens with zero attached hydrogens (tertiary/aromatic N) is 1. The van der Waals surface area contributed by atoms with Gasteiger partial charge in [-0.05, 0) is 42.2 Å². The van der Waals surface area contributed by atoms with Crippen molar-refractivity contribution in [2.75, 3.05) is 32.1 Å². The molecule has 33 heavy (non-hydrogen) atoms. The first-order valence-corrected chi connectivity index (χ1v) is 12.3. The molecule has 2 aromatic carbocycles. The van der Waals surface area contributed by atoms with E-state index < -0.39 is 10.0 Å². The van der Waals surface area contributed by atoms with E-state index in [1.54, 1.807) is 55.5 Å². The minimum atomic E-state index is -3.74. The van der Waals surface area contributed by atoms with Gasteiger partial charge in [0.2, 0.25) is 21.8 Å². The van der Waals surface area contributed by atoms with Crippen molar-refractivity contribution >= 4 is 27.5 Å².